The van der Waals surface area contributed by atoms with Gasteiger partial charge in [0.1, 0.15) is 4.99 Å². The van der Waals surface area contributed by atoms with E-state index in [0.29, 0.717) is 10.0 Å². The smallest absolute Gasteiger partial charge is 0.239 e. The molecule has 0 heterocycles. The van der Waals surface area contributed by atoms with E-state index in [1.165, 1.54) is 0 Å². The number of nitrogens with one attached hydrogen (secondary N) is 1. The number of anilines is 1. The lowest BCUT2D eigenvalue weighted by molar-refractivity contribution is -0.119. The lowest BCUT2D eigenvalue weighted by Crippen LogP contribution is -2.37. The normalized spacial score (nSPS) is 10.1. The van der Waals surface area contributed by atoms with Gasteiger partial charge in [-0.3, -0.25) is 4.79 Å². The van der Waals surface area contributed by atoms with Crippen molar-refractivity contribution in [1.29, 1.82) is 0 Å². The fourth-order valence-corrected chi connectivity index (χ4v) is 2.12. The summed E-state index contributed by atoms with van der Waals surface area (Å²) < 4.78 is 0. The van der Waals surface area contributed by atoms with E-state index in [1.54, 1.807) is 25.2 Å². The molecule has 0 unspecified atom stereocenters. The van der Waals surface area contributed by atoms with Crippen molar-refractivity contribution in [3.8, 4) is 0 Å². The van der Waals surface area contributed by atoms with Gasteiger partial charge < -0.3 is 16.0 Å². The third-order valence-electron chi connectivity index (χ3n) is 2.67. The second kappa shape index (κ2) is 7.31. The van der Waals surface area contributed by atoms with Crippen LogP contribution in [-0.2, 0) is 4.79 Å². The first-order chi connectivity index (χ1) is 8.99. The number of amides is 1. The van der Waals surface area contributed by atoms with E-state index < -0.39 is 0 Å². The molecule has 0 saturated carbocycles. The number of nitrogens with zero attached hydrogens (tertiary/aromatic N) is 1. The highest BCUT2D eigenvalue weighted by Crippen LogP contribution is 2.25. The van der Waals surface area contributed by atoms with Crippen LogP contribution in [0.1, 0.15) is 18.9 Å². The van der Waals surface area contributed by atoms with Gasteiger partial charge in [0.2, 0.25) is 5.91 Å². The maximum absolute atomic E-state index is 11.6. The molecule has 104 valence electrons. The van der Waals surface area contributed by atoms with E-state index in [-0.39, 0.29) is 12.5 Å². The van der Waals surface area contributed by atoms with E-state index in [0.717, 1.165) is 24.2 Å². The molecule has 0 aliphatic carbocycles. The topological polar surface area (TPSA) is 58.4 Å². The van der Waals surface area contributed by atoms with Gasteiger partial charge in [-0.15, -0.1) is 0 Å². The SMILES string of the molecule is CCCN(CC(=O)NC)c1cc(Cl)ccc1C(N)=S. The molecule has 0 bridgehead atoms. The lowest BCUT2D eigenvalue weighted by Gasteiger charge is -2.26. The predicted molar refractivity (Wildman–Crippen MR) is 83.9 cm³/mol. The van der Waals surface area contributed by atoms with Gasteiger partial charge in [-0.25, -0.2) is 0 Å². The van der Waals surface area contributed by atoms with Crippen molar-refractivity contribution in [3.05, 3.63) is 28.8 Å². The quantitative estimate of drug-likeness (QED) is 0.788. The second-order valence-corrected chi connectivity index (χ2v) is 5.00. The Balaban J connectivity index is 3.16. The van der Waals surface area contributed by atoms with Crippen LogP contribution in [0.3, 0.4) is 0 Å². The molecule has 0 aromatic heterocycles. The first-order valence-corrected chi connectivity index (χ1v) is 6.83. The number of hydrogen-bond acceptors (Lipinski definition) is 3. The van der Waals surface area contributed by atoms with Crippen LogP contribution < -0.4 is 16.0 Å². The third-order valence-corrected chi connectivity index (χ3v) is 3.13. The van der Waals surface area contributed by atoms with E-state index >= 15 is 0 Å². The molecule has 1 aromatic rings. The highest BCUT2D eigenvalue weighted by molar-refractivity contribution is 7.80. The summed E-state index contributed by atoms with van der Waals surface area (Å²) in [5.74, 6) is -0.0673. The molecule has 19 heavy (non-hydrogen) atoms. The maximum atomic E-state index is 11.6. The second-order valence-electron chi connectivity index (χ2n) is 4.12. The van der Waals surface area contributed by atoms with Crippen LogP contribution in [0.25, 0.3) is 0 Å². The number of hydrogen-bond donors (Lipinski definition) is 2. The summed E-state index contributed by atoms with van der Waals surface area (Å²) in [5.41, 5.74) is 7.25. The van der Waals surface area contributed by atoms with Gasteiger partial charge in [-0.1, -0.05) is 30.7 Å². The number of likely N-dealkylation sites (N-methyl/N-ethyl adjacent to an activating group) is 1. The van der Waals surface area contributed by atoms with Crippen LogP contribution in [0, 0.1) is 0 Å². The number of rotatable bonds is 6. The summed E-state index contributed by atoms with van der Waals surface area (Å²) in [7, 11) is 1.61. The van der Waals surface area contributed by atoms with E-state index in [9.17, 15) is 4.79 Å². The highest BCUT2D eigenvalue weighted by Gasteiger charge is 2.15. The van der Waals surface area contributed by atoms with Crippen molar-refractivity contribution in [2.24, 2.45) is 5.73 Å². The summed E-state index contributed by atoms with van der Waals surface area (Å²) in [6.07, 6.45) is 0.903. The van der Waals surface area contributed by atoms with Gasteiger partial charge >= 0.3 is 0 Å². The van der Waals surface area contributed by atoms with Crippen LogP contribution in [0.2, 0.25) is 5.02 Å². The molecule has 6 heteroatoms. The molecular weight excluding hydrogens is 282 g/mol. The van der Waals surface area contributed by atoms with Crippen LogP contribution in [0.4, 0.5) is 5.69 Å². The Morgan fingerprint density at radius 3 is 2.74 bits per heavy atom. The van der Waals surface area contributed by atoms with Crippen LogP contribution >= 0.6 is 23.8 Å². The van der Waals surface area contributed by atoms with Crippen molar-refractivity contribution in [3.63, 3.8) is 0 Å². The zero-order chi connectivity index (χ0) is 14.4. The van der Waals surface area contributed by atoms with Crippen molar-refractivity contribution < 1.29 is 4.79 Å². The molecular formula is C13H18ClN3OS. The Hall–Kier alpha value is -1.33. The van der Waals surface area contributed by atoms with Crippen molar-refractivity contribution in [1.82, 2.24) is 5.32 Å². The minimum absolute atomic E-state index is 0.0673. The number of carbonyl (C=O) groups is 1. The van der Waals surface area contributed by atoms with E-state index in [2.05, 4.69) is 5.32 Å². The van der Waals surface area contributed by atoms with Gasteiger partial charge in [-0.2, -0.15) is 0 Å². The molecule has 0 aliphatic heterocycles. The van der Waals surface area contributed by atoms with Crippen LogP contribution in [0.5, 0.6) is 0 Å². The van der Waals surface area contributed by atoms with E-state index in [4.69, 9.17) is 29.6 Å². The molecule has 0 spiro atoms. The molecule has 1 aromatic carbocycles. The number of benzene rings is 1. The van der Waals surface area contributed by atoms with Crippen molar-refractivity contribution in [2.75, 3.05) is 25.0 Å². The molecule has 4 nitrogen and oxygen atoms in total. The van der Waals surface area contributed by atoms with Gasteiger partial charge in [0, 0.05) is 29.9 Å². The van der Waals surface area contributed by atoms with Crippen LogP contribution in [0.15, 0.2) is 18.2 Å². The monoisotopic (exact) mass is 299 g/mol. The minimum Gasteiger partial charge on any atom is -0.389 e. The summed E-state index contributed by atoms with van der Waals surface area (Å²) in [6, 6.07) is 5.31. The fraction of sp³-hybridized carbons (Fsp3) is 0.385. The molecule has 1 amide bonds. The zero-order valence-corrected chi connectivity index (χ0v) is 12.6. The lowest BCUT2D eigenvalue weighted by atomic mass is 10.1. The fourth-order valence-electron chi connectivity index (χ4n) is 1.78. The first kappa shape index (κ1) is 15.7. The Bertz CT molecular complexity index is 479. The largest absolute Gasteiger partial charge is 0.389 e. The van der Waals surface area contributed by atoms with E-state index in [1.807, 2.05) is 11.8 Å². The Kier molecular flexibility index (Phi) is 6.05. The number of carbonyl (C=O) groups excluding carboxylic acids is 1. The van der Waals surface area contributed by atoms with Gasteiger partial charge in [0.05, 0.1) is 6.54 Å². The Labute approximate surface area is 123 Å². The molecule has 0 aliphatic rings. The highest BCUT2D eigenvalue weighted by atomic mass is 35.5. The third kappa shape index (κ3) is 4.36. The van der Waals surface area contributed by atoms with Gasteiger partial charge in [0.25, 0.3) is 0 Å². The number of nitrogens with two attached hydrogens (primary N) is 1. The summed E-state index contributed by atoms with van der Waals surface area (Å²) in [6.45, 7) is 3.02. The maximum Gasteiger partial charge on any atom is 0.239 e. The Morgan fingerprint density at radius 1 is 1.53 bits per heavy atom. The first-order valence-electron chi connectivity index (χ1n) is 6.04. The molecule has 1 rings (SSSR count). The average Bonchev–Trinajstić information content (AvgIpc) is 2.37. The van der Waals surface area contributed by atoms with Crippen molar-refractivity contribution >= 4 is 40.4 Å². The zero-order valence-electron chi connectivity index (χ0n) is 11.1. The minimum atomic E-state index is -0.0673. The average molecular weight is 300 g/mol. The predicted octanol–water partition coefficient (Wildman–Crippen LogP) is 1.94. The van der Waals surface area contributed by atoms with Crippen molar-refractivity contribution in [2.45, 2.75) is 13.3 Å². The summed E-state index contributed by atoms with van der Waals surface area (Å²) in [5, 5.41) is 3.20. The Morgan fingerprint density at radius 2 is 2.21 bits per heavy atom. The van der Waals surface area contributed by atoms with Gasteiger partial charge in [-0.05, 0) is 24.6 Å². The molecule has 0 radical (unpaired) electrons. The molecule has 0 fully saturated rings. The number of thiocarbonyl (C=S) groups is 1. The standard InChI is InChI=1S/C13H18ClN3OS/c1-3-6-17(8-12(18)16-2)11-7-9(14)4-5-10(11)13(15)19/h4-5,7H,3,6,8H2,1-2H3,(H2,15,19)(H,16,18). The van der Waals surface area contributed by atoms with Crippen LogP contribution in [-0.4, -0.2) is 31.0 Å². The number of halogens is 1. The van der Waals surface area contributed by atoms with Gasteiger partial charge in [0.15, 0.2) is 0 Å². The molecule has 0 atom stereocenters. The summed E-state index contributed by atoms with van der Waals surface area (Å²) >= 11 is 11.1. The molecule has 3 N–H and O–H groups in total. The summed E-state index contributed by atoms with van der Waals surface area (Å²) in [4.78, 5) is 13.8. The molecule has 0 saturated heterocycles.